The first-order chi connectivity index (χ1) is 13.1. The fourth-order valence-corrected chi connectivity index (χ4v) is 2.69. The number of aryl methyl sites for hydroxylation is 2. The van der Waals surface area contributed by atoms with Crippen molar-refractivity contribution in [3.63, 3.8) is 0 Å². The highest BCUT2D eigenvalue weighted by atomic mass is 127. The number of aliphatic hydroxyl groups is 1. The number of nitrogens with zero attached hydrogens (tertiary/aromatic N) is 1. The summed E-state index contributed by atoms with van der Waals surface area (Å²) < 4.78 is 5.58. The molecule has 1 unspecified atom stereocenters. The Balaban J connectivity index is 0.00000392. The number of nitrogens with one attached hydrogen (secondary N) is 2. The lowest BCUT2D eigenvalue weighted by Crippen LogP contribution is -2.42. The number of hydrogen-bond acceptors (Lipinski definition) is 3. The van der Waals surface area contributed by atoms with Crippen LogP contribution in [0, 0.1) is 13.8 Å². The third kappa shape index (κ3) is 9.03. The van der Waals surface area contributed by atoms with Gasteiger partial charge in [-0.3, -0.25) is 0 Å². The van der Waals surface area contributed by atoms with Crippen molar-refractivity contribution in [3.8, 4) is 0 Å². The van der Waals surface area contributed by atoms with Crippen molar-refractivity contribution in [1.29, 1.82) is 0 Å². The molecule has 2 rings (SSSR count). The topological polar surface area (TPSA) is 65.9 Å². The molecule has 0 aliphatic heterocycles. The molecule has 0 spiro atoms. The first-order valence-corrected chi connectivity index (χ1v) is 9.46. The Morgan fingerprint density at radius 2 is 1.86 bits per heavy atom. The van der Waals surface area contributed by atoms with Crippen LogP contribution in [-0.4, -0.2) is 36.9 Å². The summed E-state index contributed by atoms with van der Waals surface area (Å²) in [4.78, 5) is 4.62. The van der Waals surface area contributed by atoms with Crippen molar-refractivity contribution in [2.24, 2.45) is 4.99 Å². The molecule has 0 heterocycles. The van der Waals surface area contributed by atoms with Crippen LogP contribution in [0.15, 0.2) is 53.5 Å². The molecule has 0 saturated heterocycles. The van der Waals surface area contributed by atoms with Crippen LogP contribution < -0.4 is 10.6 Å². The highest BCUT2D eigenvalue weighted by molar-refractivity contribution is 14.0. The average Bonchev–Trinajstić information content (AvgIpc) is 2.66. The number of rotatable bonds is 9. The maximum Gasteiger partial charge on any atom is 0.191 e. The molecule has 5 nitrogen and oxygen atoms in total. The van der Waals surface area contributed by atoms with Crippen LogP contribution in [0.1, 0.15) is 29.2 Å². The molecular formula is C22H32IN3O2. The van der Waals surface area contributed by atoms with E-state index in [1.165, 1.54) is 16.7 Å². The van der Waals surface area contributed by atoms with Gasteiger partial charge < -0.3 is 20.5 Å². The maximum absolute atomic E-state index is 10.1. The fraction of sp³-hybridized carbons (Fsp3) is 0.409. The van der Waals surface area contributed by atoms with Crippen LogP contribution in [0.25, 0.3) is 0 Å². The van der Waals surface area contributed by atoms with Crippen LogP contribution in [0.5, 0.6) is 0 Å². The maximum atomic E-state index is 10.1. The predicted octanol–water partition coefficient (Wildman–Crippen LogP) is 3.55. The molecule has 2 aromatic carbocycles. The van der Waals surface area contributed by atoms with E-state index in [-0.39, 0.29) is 30.6 Å². The van der Waals surface area contributed by atoms with E-state index in [9.17, 15) is 5.11 Å². The van der Waals surface area contributed by atoms with Crippen LogP contribution in [0.2, 0.25) is 0 Å². The second-order valence-corrected chi connectivity index (χ2v) is 6.66. The summed E-state index contributed by atoms with van der Waals surface area (Å²) in [6.07, 6.45) is -0.598. The van der Waals surface area contributed by atoms with Crippen molar-refractivity contribution in [1.82, 2.24) is 10.6 Å². The van der Waals surface area contributed by atoms with Crippen molar-refractivity contribution in [2.75, 3.05) is 19.7 Å². The summed E-state index contributed by atoms with van der Waals surface area (Å²) in [7, 11) is 0. The molecule has 0 fully saturated rings. The highest BCUT2D eigenvalue weighted by Crippen LogP contribution is 2.11. The van der Waals surface area contributed by atoms with Crippen molar-refractivity contribution in [2.45, 2.75) is 40.0 Å². The zero-order chi connectivity index (χ0) is 19.5. The zero-order valence-corrected chi connectivity index (χ0v) is 19.3. The van der Waals surface area contributed by atoms with E-state index in [0.717, 1.165) is 12.1 Å². The standard InChI is InChI=1S/C22H31N3O2.HI/c1-4-23-22(24-13-20-11-10-17(2)12-18(20)3)25-14-21(26)16-27-15-19-8-6-5-7-9-19;/h5-12,21,26H,4,13-16H2,1-3H3,(H2,23,24,25);1H. The molecule has 0 aromatic heterocycles. The number of halogens is 1. The summed E-state index contributed by atoms with van der Waals surface area (Å²) >= 11 is 0. The molecule has 6 heteroatoms. The molecule has 0 bridgehead atoms. The highest BCUT2D eigenvalue weighted by Gasteiger charge is 2.07. The van der Waals surface area contributed by atoms with Crippen LogP contribution in [0.3, 0.4) is 0 Å². The van der Waals surface area contributed by atoms with E-state index in [1.807, 2.05) is 37.3 Å². The van der Waals surface area contributed by atoms with Crippen molar-refractivity contribution >= 4 is 29.9 Å². The van der Waals surface area contributed by atoms with Crippen LogP contribution in [0.4, 0.5) is 0 Å². The minimum absolute atomic E-state index is 0. The molecular weight excluding hydrogens is 465 g/mol. The number of hydrogen-bond donors (Lipinski definition) is 3. The number of aliphatic imine (C=N–C) groups is 1. The lowest BCUT2D eigenvalue weighted by molar-refractivity contribution is 0.0308. The number of ether oxygens (including phenoxy) is 1. The van der Waals surface area contributed by atoms with Gasteiger partial charge in [-0.25, -0.2) is 4.99 Å². The second kappa shape index (κ2) is 13.5. The summed E-state index contributed by atoms with van der Waals surface area (Å²) in [5.41, 5.74) is 4.79. The normalized spacial score (nSPS) is 12.2. The van der Waals surface area contributed by atoms with E-state index in [4.69, 9.17) is 4.74 Å². The minimum atomic E-state index is -0.598. The first kappa shape index (κ1) is 24.4. The predicted molar refractivity (Wildman–Crippen MR) is 126 cm³/mol. The zero-order valence-electron chi connectivity index (χ0n) is 16.9. The molecule has 0 aliphatic rings. The van der Waals surface area contributed by atoms with Crippen LogP contribution in [-0.2, 0) is 17.9 Å². The van der Waals surface area contributed by atoms with Gasteiger partial charge in [0.05, 0.1) is 25.9 Å². The third-order valence-corrected chi connectivity index (χ3v) is 4.18. The van der Waals surface area contributed by atoms with E-state index >= 15 is 0 Å². The monoisotopic (exact) mass is 497 g/mol. The quantitative estimate of drug-likeness (QED) is 0.282. The molecule has 0 radical (unpaired) electrons. The van der Waals surface area contributed by atoms with Gasteiger partial charge in [-0.05, 0) is 37.5 Å². The lowest BCUT2D eigenvalue weighted by Gasteiger charge is -2.16. The van der Waals surface area contributed by atoms with E-state index < -0.39 is 6.10 Å². The third-order valence-electron chi connectivity index (χ3n) is 4.18. The van der Waals surface area contributed by atoms with Gasteiger partial charge in [0.1, 0.15) is 0 Å². The Kier molecular flexibility index (Phi) is 11.8. The van der Waals surface area contributed by atoms with Gasteiger partial charge in [0.15, 0.2) is 5.96 Å². The Hall–Kier alpha value is -1.64. The molecule has 1 atom stereocenters. The molecule has 3 N–H and O–H groups in total. The minimum Gasteiger partial charge on any atom is -0.389 e. The molecule has 28 heavy (non-hydrogen) atoms. The molecule has 0 aliphatic carbocycles. The smallest absolute Gasteiger partial charge is 0.191 e. The largest absolute Gasteiger partial charge is 0.389 e. The van der Waals surface area contributed by atoms with Gasteiger partial charge in [-0.2, -0.15) is 0 Å². The van der Waals surface area contributed by atoms with Gasteiger partial charge in [0.2, 0.25) is 0 Å². The Morgan fingerprint density at radius 3 is 2.54 bits per heavy atom. The van der Waals surface area contributed by atoms with E-state index in [1.54, 1.807) is 0 Å². The van der Waals surface area contributed by atoms with Crippen molar-refractivity contribution < 1.29 is 9.84 Å². The molecule has 154 valence electrons. The summed E-state index contributed by atoms with van der Waals surface area (Å²) in [5.74, 6) is 0.694. The molecule has 0 amide bonds. The van der Waals surface area contributed by atoms with Crippen LogP contribution >= 0.6 is 24.0 Å². The summed E-state index contributed by atoms with van der Waals surface area (Å²) in [5, 5.41) is 16.5. The molecule has 2 aromatic rings. The van der Waals surface area contributed by atoms with Gasteiger partial charge in [-0.15, -0.1) is 24.0 Å². The summed E-state index contributed by atoms with van der Waals surface area (Å²) in [6, 6.07) is 16.3. The van der Waals surface area contributed by atoms with Gasteiger partial charge in [0, 0.05) is 13.1 Å². The SMILES string of the molecule is CCNC(=NCc1ccc(C)cc1C)NCC(O)COCc1ccccc1.I. The number of aliphatic hydroxyl groups excluding tert-OH is 1. The van der Waals surface area contributed by atoms with Gasteiger partial charge >= 0.3 is 0 Å². The van der Waals surface area contributed by atoms with E-state index in [0.29, 0.717) is 25.7 Å². The first-order valence-electron chi connectivity index (χ1n) is 9.46. The number of guanidine groups is 1. The fourth-order valence-electron chi connectivity index (χ4n) is 2.69. The summed E-state index contributed by atoms with van der Waals surface area (Å²) in [6.45, 7) is 8.73. The van der Waals surface area contributed by atoms with Gasteiger partial charge in [0.25, 0.3) is 0 Å². The Labute approximate surface area is 185 Å². The Bertz CT molecular complexity index is 723. The number of benzene rings is 2. The molecule has 0 saturated carbocycles. The van der Waals surface area contributed by atoms with Crippen molar-refractivity contribution in [3.05, 3.63) is 70.8 Å². The average molecular weight is 497 g/mol. The lowest BCUT2D eigenvalue weighted by atomic mass is 10.1. The Morgan fingerprint density at radius 1 is 1.11 bits per heavy atom. The van der Waals surface area contributed by atoms with Gasteiger partial charge in [-0.1, -0.05) is 54.1 Å². The van der Waals surface area contributed by atoms with E-state index in [2.05, 4.69) is 47.7 Å². The second-order valence-electron chi connectivity index (χ2n) is 6.66.